The van der Waals surface area contributed by atoms with Crippen LogP contribution in [0.15, 0.2) is 71.6 Å². The van der Waals surface area contributed by atoms with Crippen molar-refractivity contribution < 1.29 is 13.2 Å². The first-order chi connectivity index (χ1) is 15.3. The van der Waals surface area contributed by atoms with Crippen molar-refractivity contribution in [3.05, 3.63) is 87.9 Å². The molecule has 3 rings (SSSR count). The zero-order valence-electron chi connectivity index (χ0n) is 17.0. The van der Waals surface area contributed by atoms with Crippen molar-refractivity contribution in [2.45, 2.75) is 18.2 Å². The van der Waals surface area contributed by atoms with Gasteiger partial charge in [0.15, 0.2) is 0 Å². The van der Waals surface area contributed by atoms with Crippen LogP contribution in [0.4, 0.5) is 11.4 Å². The number of carbonyl (C=O) groups is 1. The number of hydrogen-bond donors (Lipinski definition) is 1. The van der Waals surface area contributed by atoms with Gasteiger partial charge in [-0.25, -0.2) is 8.42 Å². The van der Waals surface area contributed by atoms with Crippen LogP contribution in [0.1, 0.15) is 22.8 Å². The molecule has 0 unspecified atom stereocenters. The van der Waals surface area contributed by atoms with Crippen molar-refractivity contribution in [1.29, 1.82) is 5.26 Å². The van der Waals surface area contributed by atoms with Gasteiger partial charge in [-0.2, -0.15) is 5.26 Å². The molecule has 0 saturated heterocycles. The van der Waals surface area contributed by atoms with E-state index in [2.05, 4.69) is 11.4 Å². The first-order valence-corrected chi connectivity index (χ1v) is 11.8. The van der Waals surface area contributed by atoms with Crippen LogP contribution < -0.4 is 9.62 Å². The molecule has 0 spiro atoms. The Morgan fingerprint density at radius 2 is 1.69 bits per heavy atom. The van der Waals surface area contributed by atoms with Gasteiger partial charge in [-0.1, -0.05) is 53.5 Å². The molecular weight excluding hydrogens is 469 g/mol. The molecule has 3 aromatic rings. The summed E-state index contributed by atoms with van der Waals surface area (Å²) in [7, 11) is -4.06. The van der Waals surface area contributed by atoms with Crippen LogP contribution in [0.25, 0.3) is 0 Å². The molecule has 0 bridgehead atoms. The Balaban J connectivity index is 1.96. The van der Waals surface area contributed by atoms with Gasteiger partial charge in [0.2, 0.25) is 0 Å². The molecule has 0 saturated carbocycles. The predicted octanol–water partition coefficient (Wildman–Crippen LogP) is 5.53. The highest BCUT2D eigenvalue weighted by molar-refractivity contribution is 7.93. The number of halogens is 2. The molecule has 0 aliphatic carbocycles. The molecular formula is C23H19Cl2N3O3S. The van der Waals surface area contributed by atoms with Crippen molar-refractivity contribution in [2.75, 3.05) is 16.2 Å². The molecule has 0 fully saturated rings. The summed E-state index contributed by atoms with van der Waals surface area (Å²) >= 11 is 12.5. The lowest BCUT2D eigenvalue weighted by molar-refractivity contribution is 0.102. The Hall–Kier alpha value is -3.05. The van der Waals surface area contributed by atoms with Gasteiger partial charge in [0.1, 0.15) is 4.90 Å². The smallest absolute Gasteiger partial charge is 0.265 e. The van der Waals surface area contributed by atoms with Gasteiger partial charge in [-0.3, -0.25) is 9.10 Å². The van der Waals surface area contributed by atoms with E-state index in [4.69, 9.17) is 28.5 Å². The summed E-state index contributed by atoms with van der Waals surface area (Å²) in [6.07, 6.45) is 0.258. The standard InChI is InChI=1S/C23H19Cl2N3O3S/c1-2-28(18-6-4-3-5-7-18)32(30,31)22-14-19(20(24)15-21(22)25)23(29)27-17-10-8-16(9-11-17)12-13-26/h3-11,14-15H,2,12H2,1H3,(H,27,29). The third-order valence-electron chi connectivity index (χ3n) is 4.66. The van der Waals surface area contributed by atoms with Crippen LogP contribution in [0.3, 0.4) is 0 Å². The predicted molar refractivity (Wildman–Crippen MR) is 127 cm³/mol. The van der Waals surface area contributed by atoms with Crippen molar-refractivity contribution in [1.82, 2.24) is 0 Å². The molecule has 0 aliphatic rings. The monoisotopic (exact) mass is 487 g/mol. The lowest BCUT2D eigenvalue weighted by atomic mass is 10.1. The molecule has 0 radical (unpaired) electrons. The fraction of sp³-hybridized carbons (Fsp3) is 0.130. The second kappa shape index (κ2) is 10.0. The number of rotatable bonds is 7. The van der Waals surface area contributed by atoms with Gasteiger partial charge >= 0.3 is 0 Å². The first-order valence-electron chi connectivity index (χ1n) is 9.62. The molecule has 32 heavy (non-hydrogen) atoms. The van der Waals surface area contributed by atoms with E-state index in [1.165, 1.54) is 16.4 Å². The summed E-state index contributed by atoms with van der Waals surface area (Å²) in [6.45, 7) is 1.87. The maximum Gasteiger partial charge on any atom is 0.265 e. The molecule has 3 aromatic carbocycles. The normalized spacial score (nSPS) is 10.9. The largest absolute Gasteiger partial charge is 0.322 e. The van der Waals surface area contributed by atoms with Gasteiger partial charge in [-0.15, -0.1) is 0 Å². The number of sulfonamides is 1. The molecule has 0 aromatic heterocycles. The molecule has 0 heterocycles. The quantitative estimate of drug-likeness (QED) is 0.474. The second-order valence-corrected chi connectivity index (χ2v) is 9.40. The van der Waals surface area contributed by atoms with Crippen molar-refractivity contribution in [3.8, 4) is 6.07 Å². The summed E-state index contributed by atoms with van der Waals surface area (Å²) in [6, 6.07) is 19.8. The van der Waals surface area contributed by atoms with Crippen molar-refractivity contribution in [2.24, 2.45) is 0 Å². The molecule has 0 aliphatic heterocycles. The zero-order valence-corrected chi connectivity index (χ0v) is 19.4. The first kappa shape index (κ1) is 23.6. The molecule has 9 heteroatoms. The summed E-state index contributed by atoms with van der Waals surface area (Å²) in [4.78, 5) is 12.6. The van der Waals surface area contributed by atoms with Crippen LogP contribution in [-0.4, -0.2) is 20.9 Å². The van der Waals surface area contributed by atoms with Gasteiger partial charge in [-0.05, 0) is 48.9 Å². The van der Waals surface area contributed by atoms with Crippen molar-refractivity contribution in [3.63, 3.8) is 0 Å². The molecule has 164 valence electrons. The Morgan fingerprint density at radius 1 is 1.03 bits per heavy atom. The van der Waals surface area contributed by atoms with Gasteiger partial charge in [0.25, 0.3) is 15.9 Å². The van der Waals surface area contributed by atoms with E-state index >= 15 is 0 Å². The maximum atomic E-state index is 13.4. The summed E-state index contributed by atoms with van der Waals surface area (Å²) in [5.74, 6) is -0.584. The van der Waals surface area contributed by atoms with Crippen molar-refractivity contribution >= 4 is 50.5 Å². The highest BCUT2D eigenvalue weighted by atomic mass is 35.5. The van der Waals surface area contributed by atoms with Crippen LogP contribution in [0.2, 0.25) is 10.0 Å². The summed E-state index contributed by atoms with van der Waals surface area (Å²) < 4.78 is 27.9. The number of benzene rings is 3. The minimum atomic E-state index is -4.06. The van der Waals surface area contributed by atoms with Gasteiger partial charge < -0.3 is 5.32 Å². The summed E-state index contributed by atoms with van der Waals surface area (Å²) in [5, 5.41) is 11.4. The van der Waals surface area contributed by atoms with Crippen LogP contribution >= 0.6 is 23.2 Å². The number of anilines is 2. The van der Waals surface area contributed by atoms with Crippen LogP contribution in [-0.2, 0) is 16.4 Å². The minimum Gasteiger partial charge on any atom is -0.322 e. The molecule has 1 amide bonds. The Labute approximate surface area is 197 Å². The Bertz CT molecular complexity index is 1270. The van der Waals surface area contributed by atoms with E-state index in [0.717, 1.165) is 5.56 Å². The minimum absolute atomic E-state index is 0.0234. The zero-order chi connectivity index (χ0) is 23.3. The number of nitrogens with zero attached hydrogens (tertiary/aromatic N) is 2. The Kier molecular flexibility index (Phi) is 7.41. The Morgan fingerprint density at radius 3 is 2.28 bits per heavy atom. The number of carbonyl (C=O) groups excluding carboxylic acids is 1. The summed E-state index contributed by atoms with van der Waals surface area (Å²) in [5.41, 5.74) is 1.74. The number of amides is 1. The fourth-order valence-corrected chi connectivity index (χ4v) is 5.41. The maximum absolute atomic E-state index is 13.4. The van der Waals surface area contributed by atoms with E-state index in [1.54, 1.807) is 61.5 Å². The second-order valence-electron chi connectivity index (χ2n) is 6.75. The fourth-order valence-electron chi connectivity index (χ4n) is 3.10. The van der Waals surface area contributed by atoms with Crippen LogP contribution in [0.5, 0.6) is 0 Å². The number of nitrogens with one attached hydrogen (secondary N) is 1. The van der Waals surface area contributed by atoms with Gasteiger partial charge in [0, 0.05) is 12.2 Å². The molecule has 1 N–H and O–H groups in total. The van der Waals surface area contributed by atoms with E-state index < -0.39 is 15.9 Å². The van der Waals surface area contributed by atoms with E-state index in [9.17, 15) is 13.2 Å². The van der Waals surface area contributed by atoms with E-state index in [-0.39, 0.29) is 33.5 Å². The number of hydrogen-bond acceptors (Lipinski definition) is 4. The highest BCUT2D eigenvalue weighted by Gasteiger charge is 2.28. The average Bonchev–Trinajstić information content (AvgIpc) is 2.76. The van der Waals surface area contributed by atoms with E-state index in [0.29, 0.717) is 11.4 Å². The average molecular weight is 488 g/mol. The number of nitriles is 1. The van der Waals surface area contributed by atoms with Gasteiger partial charge in [0.05, 0.1) is 33.8 Å². The lowest BCUT2D eigenvalue weighted by Gasteiger charge is -2.24. The number of para-hydroxylation sites is 1. The third-order valence-corrected chi connectivity index (χ3v) is 7.34. The lowest BCUT2D eigenvalue weighted by Crippen LogP contribution is -2.31. The molecule has 6 nitrogen and oxygen atoms in total. The highest BCUT2D eigenvalue weighted by Crippen LogP contribution is 2.33. The SMILES string of the molecule is CCN(c1ccccc1)S(=O)(=O)c1cc(C(=O)Nc2ccc(CC#N)cc2)c(Cl)cc1Cl. The topological polar surface area (TPSA) is 90.3 Å². The van der Waals surface area contributed by atoms with Crippen LogP contribution in [0, 0.1) is 11.3 Å². The van der Waals surface area contributed by atoms with E-state index in [1.807, 2.05) is 0 Å². The third kappa shape index (κ3) is 5.05. The molecule has 0 atom stereocenters.